The van der Waals surface area contributed by atoms with Crippen molar-refractivity contribution in [1.82, 2.24) is 0 Å². The molecule has 1 saturated heterocycles. The van der Waals surface area contributed by atoms with E-state index in [0.29, 0.717) is 16.8 Å². The van der Waals surface area contributed by atoms with E-state index in [2.05, 4.69) is 5.32 Å². The van der Waals surface area contributed by atoms with Gasteiger partial charge in [0.2, 0.25) is 0 Å². The van der Waals surface area contributed by atoms with Crippen molar-refractivity contribution in [3.8, 4) is 0 Å². The van der Waals surface area contributed by atoms with E-state index in [0.717, 1.165) is 30.1 Å². The normalized spacial score (nSPS) is 17.0. The Hall–Kier alpha value is -1.85. The van der Waals surface area contributed by atoms with E-state index in [4.69, 9.17) is 4.74 Å². The molecule has 2 aromatic rings. The van der Waals surface area contributed by atoms with Crippen LogP contribution >= 0.6 is 11.8 Å². The molecule has 126 valence electrons. The Morgan fingerprint density at radius 2 is 2.17 bits per heavy atom. The molecule has 1 aliphatic heterocycles. The minimum atomic E-state index is -0.325. The van der Waals surface area contributed by atoms with Crippen LogP contribution in [0.3, 0.4) is 0 Å². The second kappa shape index (κ2) is 7.81. The lowest BCUT2D eigenvalue weighted by molar-refractivity contribution is 0.102. The number of thioether (sulfide) groups is 1. The maximum Gasteiger partial charge on any atom is 0.256 e. The van der Waals surface area contributed by atoms with Crippen molar-refractivity contribution in [3.63, 3.8) is 0 Å². The van der Waals surface area contributed by atoms with Gasteiger partial charge in [0, 0.05) is 22.9 Å². The van der Waals surface area contributed by atoms with Gasteiger partial charge in [-0.1, -0.05) is 18.2 Å². The minimum absolute atomic E-state index is 0.228. The van der Waals surface area contributed by atoms with Crippen LogP contribution in [0.2, 0.25) is 0 Å². The Balaban J connectivity index is 1.70. The second-order valence-electron chi connectivity index (χ2n) is 5.86. The molecule has 1 N–H and O–H groups in total. The molecule has 1 heterocycles. The first-order chi connectivity index (χ1) is 11.6. The molecular formula is C19H20FNO2S. The zero-order valence-electron chi connectivity index (χ0n) is 13.5. The van der Waals surface area contributed by atoms with Gasteiger partial charge in [-0.3, -0.25) is 4.79 Å². The highest BCUT2D eigenvalue weighted by Crippen LogP contribution is 2.27. The number of nitrogens with one attached hydrogen (secondary N) is 1. The summed E-state index contributed by atoms with van der Waals surface area (Å²) in [6.07, 6.45) is 2.44. The van der Waals surface area contributed by atoms with E-state index in [1.165, 1.54) is 6.07 Å². The summed E-state index contributed by atoms with van der Waals surface area (Å²) in [4.78, 5) is 13.5. The molecule has 1 amide bonds. The third-order valence-electron chi connectivity index (χ3n) is 4.01. The molecule has 0 saturated carbocycles. The van der Waals surface area contributed by atoms with E-state index in [1.807, 2.05) is 18.2 Å². The Morgan fingerprint density at radius 3 is 2.92 bits per heavy atom. The fourth-order valence-corrected chi connectivity index (χ4v) is 3.73. The van der Waals surface area contributed by atoms with Crippen LogP contribution in [-0.2, 0) is 4.74 Å². The average molecular weight is 345 g/mol. The predicted octanol–water partition coefficient (Wildman–Crippen LogP) is 4.66. The molecule has 5 heteroatoms. The summed E-state index contributed by atoms with van der Waals surface area (Å²) in [6.45, 7) is 2.52. The molecule has 0 bridgehead atoms. The van der Waals surface area contributed by atoms with Gasteiger partial charge in [0.1, 0.15) is 5.82 Å². The lowest BCUT2D eigenvalue weighted by Crippen LogP contribution is -2.14. The number of amides is 1. The van der Waals surface area contributed by atoms with Crippen LogP contribution in [0.5, 0.6) is 0 Å². The van der Waals surface area contributed by atoms with Crippen molar-refractivity contribution in [2.24, 2.45) is 0 Å². The van der Waals surface area contributed by atoms with Crippen molar-refractivity contribution in [2.75, 3.05) is 17.7 Å². The van der Waals surface area contributed by atoms with Gasteiger partial charge in [-0.25, -0.2) is 4.39 Å². The summed E-state index contributed by atoms with van der Waals surface area (Å²) < 4.78 is 19.3. The summed E-state index contributed by atoms with van der Waals surface area (Å²) >= 11 is 1.63. The minimum Gasteiger partial charge on any atom is -0.377 e. The number of hydrogen-bond donors (Lipinski definition) is 1. The number of carbonyl (C=O) groups is 1. The van der Waals surface area contributed by atoms with Crippen LogP contribution in [0.4, 0.5) is 10.1 Å². The number of benzene rings is 2. The van der Waals surface area contributed by atoms with Gasteiger partial charge in [-0.15, -0.1) is 11.8 Å². The highest BCUT2D eigenvalue weighted by molar-refractivity contribution is 7.99. The van der Waals surface area contributed by atoms with Crippen molar-refractivity contribution in [2.45, 2.75) is 30.8 Å². The highest BCUT2D eigenvalue weighted by atomic mass is 32.2. The van der Waals surface area contributed by atoms with Gasteiger partial charge < -0.3 is 10.1 Å². The molecule has 24 heavy (non-hydrogen) atoms. The van der Waals surface area contributed by atoms with Crippen LogP contribution in [0.25, 0.3) is 0 Å². The van der Waals surface area contributed by atoms with E-state index < -0.39 is 0 Å². The van der Waals surface area contributed by atoms with E-state index in [1.54, 1.807) is 36.9 Å². The van der Waals surface area contributed by atoms with Crippen molar-refractivity contribution >= 4 is 23.4 Å². The zero-order valence-corrected chi connectivity index (χ0v) is 14.4. The largest absolute Gasteiger partial charge is 0.377 e. The first kappa shape index (κ1) is 17.0. The molecule has 0 radical (unpaired) electrons. The fourth-order valence-electron chi connectivity index (χ4n) is 2.61. The Bertz CT molecular complexity index is 729. The lowest BCUT2D eigenvalue weighted by atomic mass is 10.2. The molecule has 2 aromatic carbocycles. The lowest BCUT2D eigenvalue weighted by Gasteiger charge is -2.12. The van der Waals surface area contributed by atoms with E-state index in [-0.39, 0.29) is 17.8 Å². The van der Waals surface area contributed by atoms with Gasteiger partial charge >= 0.3 is 0 Å². The fraction of sp³-hybridized carbons (Fsp3) is 0.316. The molecule has 1 unspecified atom stereocenters. The average Bonchev–Trinajstić information content (AvgIpc) is 3.10. The van der Waals surface area contributed by atoms with Crippen molar-refractivity contribution in [3.05, 3.63) is 59.4 Å². The summed E-state index contributed by atoms with van der Waals surface area (Å²) in [5, 5.41) is 2.77. The number of anilines is 1. The molecular weight excluding hydrogens is 325 g/mol. The number of ether oxygens (including phenoxy) is 1. The number of carbonyl (C=O) groups excluding carboxylic acids is 1. The SMILES string of the molecule is Cc1ccc(NC(=O)c2ccccc2SCC2CCCO2)cc1F. The molecule has 3 rings (SSSR count). The smallest absolute Gasteiger partial charge is 0.256 e. The quantitative estimate of drug-likeness (QED) is 0.801. The van der Waals surface area contributed by atoms with Crippen molar-refractivity contribution < 1.29 is 13.9 Å². The highest BCUT2D eigenvalue weighted by Gasteiger charge is 2.18. The molecule has 0 aromatic heterocycles. The van der Waals surface area contributed by atoms with Crippen LogP contribution in [-0.4, -0.2) is 24.4 Å². The molecule has 3 nitrogen and oxygen atoms in total. The summed E-state index contributed by atoms with van der Waals surface area (Å²) in [5.74, 6) is 0.284. The molecule has 0 spiro atoms. The number of hydrogen-bond acceptors (Lipinski definition) is 3. The maximum atomic E-state index is 13.6. The van der Waals surface area contributed by atoms with Gasteiger partial charge in [0.15, 0.2) is 0 Å². The Morgan fingerprint density at radius 1 is 1.33 bits per heavy atom. The molecule has 1 atom stereocenters. The monoisotopic (exact) mass is 345 g/mol. The third kappa shape index (κ3) is 4.16. The summed E-state index contributed by atoms with van der Waals surface area (Å²) in [6, 6.07) is 12.2. The van der Waals surface area contributed by atoms with Gasteiger partial charge in [-0.2, -0.15) is 0 Å². The second-order valence-corrected chi connectivity index (χ2v) is 6.92. The number of rotatable bonds is 5. The molecule has 0 aliphatic carbocycles. The van der Waals surface area contributed by atoms with Gasteiger partial charge in [-0.05, 0) is 49.6 Å². The van der Waals surface area contributed by atoms with Crippen LogP contribution < -0.4 is 5.32 Å². The molecule has 1 aliphatic rings. The van der Waals surface area contributed by atoms with Crippen LogP contribution in [0, 0.1) is 12.7 Å². The number of aryl methyl sites for hydroxylation is 1. The van der Waals surface area contributed by atoms with E-state index >= 15 is 0 Å². The van der Waals surface area contributed by atoms with E-state index in [9.17, 15) is 9.18 Å². The topological polar surface area (TPSA) is 38.3 Å². The maximum absolute atomic E-state index is 13.6. The molecule has 1 fully saturated rings. The number of halogens is 1. The third-order valence-corrected chi connectivity index (χ3v) is 5.22. The van der Waals surface area contributed by atoms with Gasteiger partial charge in [0.25, 0.3) is 5.91 Å². The van der Waals surface area contributed by atoms with Crippen LogP contribution in [0.15, 0.2) is 47.4 Å². The summed E-state index contributed by atoms with van der Waals surface area (Å²) in [7, 11) is 0. The van der Waals surface area contributed by atoms with Gasteiger partial charge in [0.05, 0.1) is 11.7 Å². The first-order valence-corrected chi connectivity index (χ1v) is 9.03. The first-order valence-electron chi connectivity index (χ1n) is 8.04. The van der Waals surface area contributed by atoms with Crippen LogP contribution in [0.1, 0.15) is 28.8 Å². The summed E-state index contributed by atoms with van der Waals surface area (Å²) in [5.41, 5.74) is 1.61. The predicted molar refractivity (Wildman–Crippen MR) is 95.2 cm³/mol. The Labute approximate surface area is 145 Å². The Kier molecular flexibility index (Phi) is 5.53. The zero-order chi connectivity index (χ0) is 16.9. The van der Waals surface area contributed by atoms with Crippen molar-refractivity contribution in [1.29, 1.82) is 0 Å². The standard InChI is InChI=1S/C19H20FNO2S/c1-13-8-9-14(11-17(13)20)21-19(22)16-6-2-3-7-18(16)24-12-15-5-4-10-23-15/h2-3,6-9,11,15H,4-5,10,12H2,1H3,(H,21,22).